The molecule has 1 aliphatic heterocycles. The third-order valence-corrected chi connectivity index (χ3v) is 1.39. The molecule has 0 aromatic rings. The largest absolute Gasteiger partial charge is 0.508 e. The van der Waals surface area contributed by atoms with Crippen LogP contribution in [0.1, 0.15) is 0 Å². The van der Waals surface area contributed by atoms with Crippen LogP contribution in [0, 0.1) is 5.92 Å². The predicted octanol–water partition coefficient (Wildman–Crippen LogP) is 0.107. The van der Waals surface area contributed by atoms with Crippen LogP contribution in [0.25, 0.3) is 0 Å². The van der Waals surface area contributed by atoms with Gasteiger partial charge in [-0.15, -0.1) is 0 Å². The van der Waals surface area contributed by atoms with Crippen LogP contribution >= 0.6 is 0 Å². The highest BCUT2D eigenvalue weighted by molar-refractivity contribution is 5.61. The molecule has 1 rings (SSSR count). The lowest BCUT2D eigenvalue weighted by molar-refractivity contribution is -0.110. The van der Waals surface area contributed by atoms with Gasteiger partial charge in [-0.3, -0.25) is 0 Å². The fourth-order valence-corrected chi connectivity index (χ4v) is 0.772. The third-order valence-electron chi connectivity index (χ3n) is 1.39. The molecule has 0 amide bonds. The quantitative estimate of drug-likeness (QED) is 0.557. The Morgan fingerprint density at radius 3 is 3.00 bits per heavy atom. The molecule has 0 radical (unpaired) electrons. The molecule has 4 nitrogen and oxygen atoms in total. The SMILES string of the molecule is O=CC1C=COC(CO)=C1O. The van der Waals surface area contributed by atoms with E-state index in [-0.39, 0.29) is 11.5 Å². The molecule has 1 unspecified atom stereocenters. The topological polar surface area (TPSA) is 66.8 Å². The highest BCUT2D eigenvalue weighted by Crippen LogP contribution is 2.18. The Hall–Kier alpha value is -1.29. The van der Waals surface area contributed by atoms with Gasteiger partial charge >= 0.3 is 0 Å². The lowest BCUT2D eigenvalue weighted by Crippen LogP contribution is -2.12. The molecule has 0 aromatic heterocycles. The Morgan fingerprint density at radius 2 is 2.45 bits per heavy atom. The Morgan fingerprint density at radius 1 is 1.73 bits per heavy atom. The smallest absolute Gasteiger partial charge is 0.167 e. The van der Waals surface area contributed by atoms with Gasteiger partial charge in [0.2, 0.25) is 0 Å². The molecule has 0 fully saturated rings. The van der Waals surface area contributed by atoms with Gasteiger partial charge in [0.15, 0.2) is 5.76 Å². The number of rotatable bonds is 2. The molecule has 1 aliphatic rings. The first-order valence-corrected chi connectivity index (χ1v) is 3.11. The van der Waals surface area contributed by atoms with Crippen molar-refractivity contribution >= 4 is 6.29 Å². The second-order valence-electron chi connectivity index (χ2n) is 2.07. The van der Waals surface area contributed by atoms with Crippen LogP contribution in [-0.2, 0) is 9.53 Å². The summed E-state index contributed by atoms with van der Waals surface area (Å²) in [6, 6.07) is 0. The van der Waals surface area contributed by atoms with E-state index >= 15 is 0 Å². The Balaban J connectivity index is 2.84. The van der Waals surface area contributed by atoms with E-state index in [2.05, 4.69) is 0 Å². The van der Waals surface area contributed by atoms with Crippen LogP contribution < -0.4 is 0 Å². The van der Waals surface area contributed by atoms with Gasteiger partial charge in [-0.25, -0.2) is 0 Å². The maximum atomic E-state index is 10.2. The zero-order valence-electron chi connectivity index (χ0n) is 5.73. The fourth-order valence-electron chi connectivity index (χ4n) is 0.772. The summed E-state index contributed by atoms with van der Waals surface area (Å²) in [4.78, 5) is 10.2. The minimum absolute atomic E-state index is 0.0320. The van der Waals surface area contributed by atoms with E-state index in [4.69, 9.17) is 14.9 Å². The number of carbonyl (C=O) groups excluding carboxylic acids is 1. The van der Waals surface area contributed by atoms with Gasteiger partial charge in [0.1, 0.15) is 18.7 Å². The highest BCUT2D eigenvalue weighted by Gasteiger charge is 2.18. The number of aliphatic hydroxyl groups is 2. The number of ether oxygens (including phenoxy) is 1. The number of hydrogen-bond acceptors (Lipinski definition) is 4. The lowest BCUT2D eigenvalue weighted by atomic mass is 10.1. The van der Waals surface area contributed by atoms with Crippen molar-refractivity contribution in [2.75, 3.05) is 6.61 Å². The van der Waals surface area contributed by atoms with E-state index < -0.39 is 12.5 Å². The predicted molar refractivity (Wildman–Crippen MR) is 36.5 cm³/mol. The maximum absolute atomic E-state index is 10.2. The van der Waals surface area contributed by atoms with E-state index in [0.717, 1.165) is 0 Å². The van der Waals surface area contributed by atoms with Crippen LogP contribution in [0.4, 0.5) is 0 Å². The summed E-state index contributed by atoms with van der Waals surface area (Å²) in [5.41, 5.74) is 0. The summed E-state index contributed by atoms with van der Waals surface area (Å²) in [5, 5.41) is 17.7. The van der Waals surface area contributed by atoms with E-state index in [1.165, 1.54) is 12.3 Å². The summed E-state index contributed by atoms with van der Waals surface area (Å²) >= 11 is 0. The Labute approximate surface area is 63.4 Å². The van der Waals surface area contributed by atoms with Gasteiger partial charge in [0, 0.05) is 0 Å². The van der Waals surface area contributed by atoms with Gasteiger partial charge in [-0.1, -0.05) is 0 Å². The van der Waals surface area contributed by atoms with Gasteiger partial charge in [-0.05, 0) is 6.08 Å². The minimum atomic E-state index is -0.675. The Bertz CT molecular complexity index is 216. The normalized spacial score (nSPS) is 23.2. The molecular formula is C7H8O4. The fraction of sp³-hybridized carbons (Fsp3) is 0.286. The average molecular weight is 156 g/mol. The molecule has 1 heterocycles. The molecule has 11 heavy (non-hydrogen) atoms. The molecule has 0 saturated carbocycles. The molecule has 0 aromatic carbocycles. The van der Waals surface area contributed by atoms with Crippen molar-refractivity contribution in [3.8, 4) is 0 Å². The average Bonchev–Trinajstić information content (AvgIpc) is 2.05. The maximum Gasteiger partial charge on any atom is 0.167 e. The highest BCUT2D eigenvalue weighted by atomic mass is 16.5. The van der Waals surface area contributed by atoms with Gasteiger partial charge in [0.25, 0.3) is 0 Å². The summed E-state index contributed by atoms with van der Waals surface area (Å²) in [6.07, 6.45) is 3.25. The number of carbonyl (C=O) groups is 1. The van der Waals surface area contributed by atoms with Gasteiger partial charge in [0.05, 0.1) is 12.2 Å². The second kappa shape index (κ2) is 3.21. The molecule has 2 N–H and O–H groups in total. The third kappa shape index (κ3) is 1.40. The molecule has 0 bridgehead atoms. The molecule has 60 valence electrons. The standard InChI is InChI=1S/C7H8O4/c8-3-5-1-2-11-6(4-9)7(5)10/h1-3,5,9-10H,4H2. The van der Waals surface area contributed by atoms with Crippen molar-refractivity contribution in [2.24, 2.45) is 5.92 Å². The van der Waals surface area contributed by atoms with E-state index in [0.29, 0.717) is 6.29 Å². The summed E-state index contributed by atoms with van der Waals surface area (Å²) < 4.78 is 4.71. The van der Waals surface area contributed by atoms with Crippen molar-refractivity contribution < 1.29 is 19.7 Å². The number of allylic oxidation sites excluding steroid dienone is 1. The van der Waals surface area contributed by atoms with Crippen LogP contribution in [0.2, 0.25) is 0 Å². The molecule has 4 heteroatoms. The van der Waals surface area contributed by atoms with Gasteiger partial charge < -0.3 is 19.7 Å². The van der Waals surface area contributed by atoms with E-state index in [9.17, 15) is 4.79 Å². The van der Waals surface area contributed by atoms with Crippen LogP contribution in [0.3, 0.4) is 0 Å². The molecular weight excluding hydrogens is 148 g/mol. The molecule has 1 atom stereocenters. The van der Waals surface area contributed by atoms with Crippen molar-refractivity contribution in [1.82, 2.24) is 0 Å². The number of aliphatic hydroxyl groups excluding tert-OH is 2. The second-order valence-corrected chi connectivity index (χ2v) is 2.07. The number of hydrogen-bond donors (Lipinski definition) is 2. The van der Waals surface area contributed by atoms with E-state index in [1.54, 1.807) is 0 Å². The Kier molecular flexibility index (Phi) is 2.28. The summed E-state index contributed by atoms with van der Waals surface area (Å²) in [5.74, 6) is -0.861. The first kappa shape index (κ1) is 7.81. The van der Waals surface area contributed by atoms with Crippen LogP contribution in [0.5, 0.6) is 0 Å². The first-order valence-electron chi connectivity index (χ1n) is 3.11. The summed E-state index contributed by atoms with van der Waals surface area (Å²) in [7, 11) is 0. The molecule has 0 aliphatic carbocycles. The summed E-state index contributed by atoms with van der Waals surface area (Å²) in [6.45, 7) is -0.402. The zero-order valence-corrected chi connectivity index (χ0v) is 5.73. The van der Waals surface area contributed by atoms with Crippen molar-refractivity contribution in [3.05, 3.63) is 23.9 Å². The van der Waals surface area contributed by atoms with Crippen LogP contribution in [0.15, 0.2) is 23.9 Å². The van der Waals surface area contributed by atoms with Gasteiger partial charge in [-0.2, -0.15) is 0 Å². The van der Waals surface area contributed by atoms with E-state index in [1.807, 2.05) is 0 Å². The molecule has 0 saturated heterocycles. The first-order chi connectivity index (χ1) is 5.29. The zero-order chi connectivity index (χ0) is 8.27. The number of aldehydes is 1. The van der Waals surface area contributed by atoms with Crippen molar-refractivity contribution in [1.29, 1.82) is 0 Å². The van der Waals surface area contributed by atoms with Crippen molar-refractivity contribution in [3.63, 3.8) is 0 Å². The van der Waals surface area contributed by atoms with Crippen molar-refractivity contribution in [2.45, 2.75) is 0 Å². The minimum Gasteiger partial charge on any atom is -0.508 e. The lowest BCUT2D eigenvalue weighted by Gasteiger charge is -2.14. The molecule has 0 spiro atoms. The van der Waals surface area contributed by atoms with Crippen LogP contribution in [-0.4, -0.2) is 23.1 Å². The monoisotopic (exact) mass is 156 g/mol.